The summed E-state index contributed by atoms with van der Waals surface area (Å²) in [5.74, 6) is 0.0674. The van der Waals surface area contributed by atoms with Crippen molar-refractivity contribution in [1.29, 1.82) is 0 Å². The highest BCUT2D eigenvalue weighted by Crippen LogP contribution is 2.16. The van der Waals surface area contributed by atoms with Crippen LogP contribution < -0.4 is 5.56 Å². The predicted molar refractivity (Wildman–Crippen MR) is 78.5 cm³/mol. The summed E-state index contributed by atoms with van der Waals surface area (Å²) in [7, 11) is 0. The largest absolute Gasteiger partial charge is 0.508 e. The Bertz CT molecular complexity index is 847. The van der Waals surface area contributed by atoms with Crippen molar-refractivity contribution < 1.29 is 5.11 Å². The Morgan fingerprint density at radius 1 is 1.37 bits per heavy atom. The van der Waals surface area contributed by atoms with E-state index in [0.29, 0.717) is 22.2 Å². The number of rotatable bonds is 2. The number of benzene rings is 1. The van der Waals surface area contributed by atoms with Crippen LogP contribution in [0.15, 0.2) is 40.5 Å². The molecule has 2 aromatic heterocycles. The van der Waals surface area contributed by atoms with Crippen LogP contribution in [0.3, 0.4) is 0 Å². The van der Waals surface area contributed by atoms with Crippen molar-refractivity contribution in [3.63, 3.8) is 0 Å². The van der Waals surface area contributed by atoms with Crippen LogP contribution in [0.25, 0.3) is 10.9 Å². The van der Waals surface area contributed by atoms with Crippen molar-refractivity contribution in [2.75, 3.05) is 0 Å². The summed E-state index contributed by atoms with van der Waals surface area (Å²) in [6.45, 7) is 0.442. The SMILES string of the molecule is O=c1c2cc(O)ccc2[nH]c(=S)n1Cc1cccs1. The van der Waals surface area contributed by atoms with E-state index in [1.807, 2.05) is 17.5 Å². The van der Waals surface area contributed by atoms with Gasteiger partial charge in [-0.05, 0) is 41.9 Å². The molecule has 4 nitrogen and oxygen atoms in total. The number of nitrogens with one attached hydrogen (secondary N) is 1. The quantitative estimate of drug-likeness (QED) is 0.714. The third kappa shape index (κ3) is 2.20. The molecule has 0 aliphatic carbocycles. The van der Waals surface area contributed by atoms with Crippen molar-refractivity contribution in [3.05, 3.63) is 55.7 Å². The Hall–Kier alpha value is -1.92. The highest BCUT2D eigenvalue weighted by molar-refractivity contribution is 7.71. The van der Waals surface area contributed by atoms with E-state index >= 15 is 0 Å². The van der Waals surface area contributed by atoms with Gasteiger partial charge in [0.2, 0.25) is 0 Å². The molecule has 19 heavy (non-hydrogen) atoms. The average molecular weight is 290 g/mol. The fourth-order valence-corrected chi connectivity index (χ4v) is 2.89. The van der Waals surface area contributed by atoms with Crippen molar-refractivity contribution in [2.45, 2.75) is 6.54 Å². The number of H-pyrrole nitrogens is 1. The lowest BCUT2D eigenvalue weighted by Gasteiger charge is -2.07. The highest BCUT2D eigenvalue weighted by atomic mass is 32.1. The van der Waals surface area contributed by atoms with Crippen LogP contribution in [-0.2, 0) is 6.54 Å². The molecule has 0 radical (unpaired) electrons. The maximum absolute atomic E-state index is 12.4. The number of hydrogen-bond acceptors (Lipinski definition) is 4. The molecule has 0 amide bonds. The summed E-state index contributed by atoms with van der Waals surface area (Å²) >= 11 is 6.80. The lowest BCUT2D eigenvalue weighted by atomic mass is 10.2. The molecule has 2 heterocycles. The minimum atomic E-state index is -0.192. The normalized spacial score (nSPS) is 10.9. The van der Waals surface area contributed by atoms with E-state index in [2.05, 4.69) is 4.98 Å². The number of phenols is 1. The summed E-state index contributed by atoms with van der Waals surface area (Å²) in [6, 6.07) is 8.52. The van der Waals surface area contributed by atoms with E-state index in [4.69, 9.17) is 12.2 Å². The lowest BCUT2D eigenvalue weighted by Crippen LogP contribution is -2.22. The maximum atomic E-state index is 12.4. The molecule has 0 atom stereocenters. The molecule has 3 aromatic rings. The zero-order chi connectivity index (χ0) is 13.4. The zero-order valence-corrected chi connectivity index (χ0v) is 11.4. The van der Waals surface area contributed by atoms with E-state index in [1.165, 1.54) is 16.7 Å². The Labute approximate surface area is 117 Å². The third-order valence-electron chi connectivity index (χ3n) is 2.86. The summed E-state index contributed by atoms with van der Waals surface area (Å²) in [4.78, 5) is 16.5. The van der Waals surface area contributed by atoms with Gasteiger partial charge in [-0.2, -0.15) is 0 Å². The molecule has 96 valence electrons. The third-order valence-corrected chi connectivity index (χ3v) is 4.04. The van der Waals surface area contributed by atoms with Gasteiger partial charge in [-0.1, -0.05) is 6.07 Å². The van der Waals surface area contributed by atoms with Crippen LogP contribution in [0.2, 0.25) is 0 Å². The number of nitrogens with zero attached hydrogens (tertiary/aromatic N) is 1. The summed E-state index contributed by atoms with van der Waals surface area (Å²) in [5, 5.41) is 11.9. The highest BCUT2D eigenvalue weighted by Gasteiger charge is 2.07. The second-order valence-corrected chi connectivity index (χ2v) is 5.55. The molecule has 0 saturated heterocycles. The molecule has 0 aliphatic rings. The van der Waals surface area contributed by atoms with Crippen LogP contribution in [0.1, 0.15) is 4.88 Å². The Morgan fingerprint density at radius 2 is 2.21 bits per heavy atom. The number of aromatic hydroxyl groups is 1. The van der Waals surface area contributed by atoms with E-state index in [-0.39, 0.29) is 11.3 Å². The van der Waals surface area contributed by atoms with Gasteiger partial charge >= 0.3 is 0 Å². The molecule has 0 aliphatic heterocycles. The zero-order valence-electron chi connectivity index (χ0n) is 9.79. The van der Waals surface area contributed by atoms with Crippen LogP contribution >= 0.6 is 23.6 Å². The van der Waals surface area contributed by atoms with Gasteiger partial charge in [-0.15, -0.1) is 11.3 Å². The lowest BCUT2D eigenvalue weighted by molar-refractivity contribution is 0.476. The number of aromatic amines is 1. The average Bonchev–Trinajstić information content (AvgIpc) is 2.89. The molecule has 3 rings (SSSR count). The van der Waals surface area contributed by atoms with E-state index in [1.54, 1.807) is 17.4 Å². The predicted octanol–water partition coefficient (Wildman–Crippen LogP) is 2.87. The Balaban J connectivity index is 2.25. The summed E-state index contributed by atoms with van der Waals surface area (Å²) in [6.07, 6.45) is 0. The number of thiophene rings is 1. The molecule has 6 heteroatoms. The fraction of sp³-hybridized carbons (Fsp3) is 0.0769. The van der Waals surface area contributed by atoms with Crippen LogP contribution in [0, 0.1) is 4.77 Å². The van der Waals surface area contributed by atoms with Gasteiger partial charge in [0.25, 0.3) is 5.56 Å². The van der Waals surface area contributed by atoms with Crippen molar-refractivity contribution in [2.24, 2.45) is 0 Å². The monoisotopic (exact) mass is 290 g/mol. The first-order valence-corrected chi connectivity index (χ1v) is 6.92. The minimum absolute atomic E-state index is 0.0674. The van der Waals surface area contributed by atoms with Gasteiger partial charge < -0.3 is 10.1 Å². The van der Waals surface area contributed by atoms with E-state index in [9.17, 15) is 9.90 Å². The molecule has 0 spiro atoms. The van der Waals surface area contributed by atoms with Crippen molar-refractivity contribution >= 4 is 34.5 Å². The second-order valence-electron chi connectivity index (χ2n) is 4.13. The van der Waals surface area contributed by atoms with Crippen LogP contribution in [0.4, 0.5) is 0 Å². The van der Waals surface area contributed by atoms with Gasteiger partial charge in [0.15, 0.2) is 4.77 Å². The van der Waals surface area contributed by atoms with Gasteiger partial charge in [0, 0.05) is 4.88 Å². The molecule has 2 N–H and O–H groups in total. The summed E-state index contributed by atoms with van der Waals surface area (Å²) in [5.41, 5.74) is 0.443. The Kier molecular flexibility index (Phi) is 2.96. The van der Waals surface area contributed by atoms with Crippen molar-refractivity contribution in [1.82, 2.24) is 9.55 Å². The smallest absolute Gasteiger partial charge is 0.262 e. The Morgan fingerprint density at radius 3 is 2.95 bits per heavy atom. The van der Waals surface area contributed by atoms with Crippen LogP contribution in [0.5, 0.6) is 5.75 Å². The topological polar surface area (TPSA) is 58.0 Å². The molecule has 0 saturated carbocycles. The van der Waals surface area contributed by atoms with Gasteiger partial charge in [0.1, 0.15) is 5.75 Å². The first kappa shape index (κ1) is 12.1. The first-order chi connectivity index (χ1) is 9.15. The minimum Gasteiger partial charge on any atom is -0.508 e. The summed E-state index contributed by atoms with van der Waals surface area (Å²) < 4.78 is 1.89. The van der Waals surface area contributed by atoms with Crippen LogP contribution in [-0.4, -0.2) is 14.7 Å². The second kappa shape index (κ2) is 4.64. The molecular formula is C13H10N2O2S2. The number of fused-ring (bicyclic) bond motifs is 1. The molecule has 1 aromatic carbocycles. The number of hydrogen-bond donors (Lipinski definition) is 2. The molecule has 0 bridgehead atoms. The first-order valence-electron chi connectivity index (χ1n) is 5.63. The van der Waals surface area contributed by atoms with Gasteiger partial charge in [-0.3, -0.25) is 9.36 Å². The molecular weight excluding hydrogens is 280 g/mol. The van der Waals surface area contributed by atoms with Gasteiger partial charge in [-0.25, -0.2) is 0 Å². The van der Waals surface area contributed by atoms with E-state index < -0.39 is 0 Å². The fourth-order valence-electron chi connectivity index (χ4n) is 1.94. The number of phenolic OH excluding ortho intramolecular Hbond substituents is 1. The number of aromatic nitrogens is 2. The maximum Gasteiger partial charge on any atom is 0.262 e. The van der Waals surface area contributed by atoms with Gasteiger partial charge in [0.05, 0.1) is 17.4 Å². The van der Waals surface area contributed by atoms with E-state index in [0.717, 1.165) is 4.88 Å². The molecule has 0 unspecified atom stereocenters. The standard InChI is InChI=1S/C13H10N2O2S2/c16-8-3-4-11-10(6-8)12(17)15(13(18)14-11)7-9-2-1-5-19-9/h1-6,16H,7H2,(H,14,18). The van der Waals surface area contributed by atoms with Crippen molar-refractivity contribution in [3.8, 4) is 5.75 Å². The molecule has 0 fully saturated rings.